The number of rotatable bonds is 5. The van der Waals surface area contributed by atoms with Crippen molar-refractivity contribution in [2.24, 2.45) is 0 Å². The zero-order valence-corrected chi connectivity index (χ0v) is 18.9. The highest BCUT2D eigenvalue weighted by Gasteiger charge is 2.42. The molecule has 5 rings (SSSR count). The van der Waals surface area contributed by atoms with Crippen molar-refractivity contribution in [2.75, 3.05) is 4.90 Å². The molecule has 3 aromatic heterocycles. The fraction of sp³-hybridized carbons (Fsp3) is 0.192. The van der Waals surface area contributed by atoms with Crippen LogP contribution in [0.2, 0.25) is 0 Å². The summed E-state index contributed by atoms with van der Waals surface area (Å²) in [6, 6.07) is 24.7. The molecule has 1 N–H and O–H groups in total. The summed E-state index contributed by atoms with van der Waals surface area (Å²) in [5.74, 6) is 1.35. The smallest absolute Gasteiger partial charge is 0.174 e. The zero-order valence-electron chi connectivity index (χ0n) is 18.1. The Morgan fingerprint density at radius 2 is 1.62 bits per heavy atom. The van der Waals surface area contributed by atoms with Gasteiger partial charge in [-0.25, -0.2) is 4.98 Å². The van der Waals surface area contributed by atoms with Gasteiger partial charge in [-0.05, 0) is 72.2 Å². The van der Waals surface area contributed by atoms with E-state index in [2.05, 4.69) is 81.2 Å². The molecule has 0 amide bonds. The lowest BCUT2D eigenvalue weighted by atomic mass is 9.99. The first-order chi connectivity index (χ1) is 15.6. The van der Waals surface area contributed by atoms with Gasteiger partial charge in [0.25, 0.3) is 0 Å². The van der Waals surface area contributed by atoms with Gasteiger partial charge in [-0.2, -0.15) is 0 Å². The zero-order chi connectivity index (χ0) is 22.1. The Balaban J connectivity index is 1.64. The normalized spacial score (nSPS) is 18.2. The first-order valence-electron chi connectivity index (χ1n) is 10.8. The SMILES string of the molecule is CC(C)c1ccc(N2C(=S)N[C@@H](c3ccccn3)[C@@H]2c2cccn2-c2ccccn2)cc1. The molecule has 5 nitrogen and oxygen atoms in total. The molecule has 4 heterocycles. The fourth-order valence-corrected chi connectivity index (χ4v) is 4.64. The van der Waals surface area contributed by atoms with E-state index in [-0.39, 0.29) is 12.1 Å². The number of hydrogen-bond acceptors (Lipinski definition) is 3. The van der Waals surface area contributed by atoms with Crippen molar-refractivity contribution >= 4 is 23.0 Å². The number of anilines is 1. The van der Waals surface area contributed by atoms with Gasteiger partial charge >= 0.3 is 0 Å². The Morgan fingerprint density at radius 3 is 2.28 bits per heavy atom. The summed E-state index contributed by atoms with van der Waals surface area (Å²) in [5, 5.41) is 4.23. The quantitative estimate of drug-likeness (QED) is 0.412. The molecule has 6 heteroatoms. The largest absolute Gasteiger partial charge is 0.351 e. The third-order valence-electron chi connectivity index (χ3n) is 5.92. The summed E-state index contributed by atoms with van der Waals surface area (Å²) in [6.45, 7) is 4.41. The molecule has 0 radical (unpaired) electrons. The molecule has 0 saturated carbocycles. The van der Waals surface area contributed by atoms with Crippen LogP contribution in [0.25, 0.3) is 5.82 Å². The van der Waals surface area contributed by atoms with E-state index < -0.39 is 0 Å². The number of aromatic nitrogens is 3. The van der Waals surface area contributed by atoms with Gasteiger partial charge in [-0.1, -0.05) is 38.1 Å². The van der Waals surface area contributed by atoms with Gasteiger partial charge in [0.05, 0.1) is 11.7 Å². The highest BCUT2D eigenvalue weighted by molar-refractivity contribution is 7.80. The highest BCUT2D eigenvalue weighted by Crippen LogP contribution is 2.42. The lowest BCUT2D eigenvalue weighted by Gasteiger charge is -2.29. The molecule has 0 spiro atoms. The van der Waals surface area contributed by atoms with Crippen LogP contribution >= 0.6 is 12.2 Å². The Bertz CT molecular complexity index is 1200. The van der Waals surface area contributed by atoms with Gasteiger partial charge in [-0.15, -0.1) is 0 Å². The molecule has 1 aliphatic rings. The first-order valence-corrected chi connectivity index (χ1v) is 11.2. The van der Waals surface area contributed by atoms with Crippen LogP contribution in [0.15, 0.2) is 91.4 Å². The average Bonchev–Trinajstić information content (AvgIpc) is 3.44. The predicted molar refractivity (Wildman–Crippen MR) is 132 cm³/mol. The molecule has 0 bridgehead atoms. The molecule has 1 aliphatic heterocycles. The van der Waals surface area contributed by atoms with Crippen molar-refractivity contribution in [1.29, 1.82) is 0 Å². The summed E-state index contributed by atoms with van der Waals surface area (Å²) >= 11 is 5.86. The highest BCUT2D eigenvalue weighted by atomic mass is 32.1. The maximum atomic E-state index is 5.86. The summed E-state index contributed by atoms with van der Waals surface area (Å²) < 4.78 is 2.13. The summed E-state index contributed by atoms with van der Waals surface area (Å²) in [4.78, 5) is 11.4. The van der Waals surface area contributed by atoms with E-state index in [1.54, 1.807) is 0 Å². The maximum absolute atomic E-state index is 5.86. The minimum atomic E-state index is -0.0918. The summed E-state index contributed by atoms with van der Waals surface area (Å²) in [6.07, 6.45) is 5.69. The number of hydrogen-bond donors (Lipinski definition) is 1. The fourth-order valence-electron chi connectivity index (χ4n) is 4.29. The molecular weight excluding hydrogens is 414 g/mol. The Kier molecular flexibility index (Phi) is 5.45. The Hall–Kier alpha value is -3.51. The molecule has 1 fully saturated rings. The van der Waals surface area contributed by atoms with E-state index in [9.17, 15) is 0 Å². The number of thiocarbonyl (C=S) groups is 1. The second kappa shape index (κ2) is 8.55. The molecule has 1 saturated heterocycles. The topological polar surface area (TPSA) is 46.0 Å². The minimum Gasteiger partial charge on any atom is -0.351 e. The molecule has 1 aromatic carbocycles. The Labute approximate surface area is 193 Å². The van der Waals surface area contributed by atoms with Crippen LogP contribution in [0.4, 0.5) is 5.69 Å². The second-order valence-electron chi connectivity index (χ2n) is 8.23. The number of nitrogens with zero attached hydrogens (tertiary/aromatic N) is 4. The van der Waals surface area contributed by atoms with Crippen LogP contribution in [0.3, 0.4) is 0 Å². The van der Waals surface area contributed by atoms with Crippen LogP contribution in [0.1, 0.15) is 48.8 Å². The molecule has 0 unspecified atom stereocenters. The molecule has 32 heavy (non-hydrogen) atoms. The standard InChI is InChI=1S/C26H25N5S/c1-18(2)19-11-13-20(14-12-19)31-25(24(29-26(31)32)21-8-3-5-15-27-21)22-9-7-17-30(22)23-10-4-6-16-28-23/h3-18,24-25H,1-2H3,(H,29,32)/t24-,25-/m0/s1. The van der Waals surface area contributed by atoms with E-state index in [1.165, 1.54) is 5.56 Å². The van der Waals surface area contributed by atoms with Crippen LogP contribution < -0.4 is 10.2 Å². The van der Waals surface area contributed by atoms with Gasteiger partial charge in [0, 0.05) is 30.0 Å². The van der Waals surface area contributed by atoms with Crippen molar-refractivity contribution in [2.45, 2.75) is 31.8 Å². The average molecular weight is 440 g/mol. The minimum absolute atomic E-state index is 0.0840. The van der Waals surface area contributed by atoms with Gasteiger partial charge in [0.15, 0.2) is 5.11 Å². The number of benzene rings is 1. The molecule has 4 aromatic rings. The van der Waals surface area contributed by atoms with Gasteiger partial charge < -0.3 is 14.8 Å². The third-order valence-corrected chi connectivity index (χ3v) is 6.23. The summed E-state index contributed by atoms with van der Waals surface area (Å²) in [5.41, 5.74) is 4.42. The number of pyridine rings is 2. The summed E-state index contributed by atoms with van der Waals surface area (Å²) in [7, 11) is 0. The maximum Gasteiger partial charge on any atom is 0.174 e. The molecule has 160 valence electrons. The lowest BCUT2D eigenvalue weighted by molar-refractivity contribution is 0.548. The number of nitrogens with one attached hydrogen (secondary N) is 1. The van der Waals surface area contributed by atoms with Gasteiger partial charge in [0.1, 0.15) is 11.9 Å². The van der Waals surface area contributed by atoms with Crippen molar-refractivity contribution in [3.8, 4) is 5.82 Å². The third kappa shape index (κ3) is 3.67. The molecular formula is C26H25N5S. The molecule has 2 atom stereocenters. The second-order valence-corrected chi connectivity index (χ2v) is 8.62. The van der Waals surface area contributed by atoms with Crippen LogP contribution in [-0.2, 0) is 0 Å². The monoisotopic (exact) mass is 439 g/mol. The van der Waals surface area contributed by atoms with E-state index in [0.717, 1.165) is 22.9 Å². The Morgan fingerprint density at radius 1 is 0.875 bits per heavy atom. The van der Waals surface area contributed by atoms with E-state index in [0.29, 0.717) is 11.0 Å². The predicted octanol–water partition coefficient (Wildman–Crippen LogP) is 5.57. The van der Waals surface area contributed by atoms with Gasteiger partial charge in [0.2, 0.25) is 0 Å². The van der Waals surface area contributed by atoms with Gasteiger partial charge in [-0.3, -0.25) is 4.98 Å². The van der Waals surface area contributed by atoms with E-state index in [1.807, 2.05) is 48.8 Å². The van der Waals surface area contributed by atoms with Crippen LogP contribution in [0, 0.1) is 0 Å². The van der Waals surface area contributed by atoms with Crippen molar-refractivity contribution in [3.63, 3.8) is 0 Å². The van der Waals surface area contributed by atoms with Crippen molar-refractivity contribution in [1.82, 2.24) is 19.9 Å². The molecule has 0 aliphatic carbocycles. The van der Waals surface area contributed by atoms with E-state index >= 15 is 0 Å². The van der Waals surface area contributed by atoms with Crippen LogP contribution in [-0.4, -0.2) is 19.6 Å². The van der Waals surface area contributed by atoms with Crippen molar-refractivity contribution in [3.05, 3.63) is 108 Å². The van der Waals surface area contributed by atoms with Crippen molar-refractivity contribution < 1.29 is 0 Å². The van der Waals surface area contributed by atoms with E-state index in [4.69, 9.17) is 12.2 Å². The lowest BCUT2D eigenvalue weighted by Crippen LogP contribution is -2.30. The van der Waals surface area contributed by atoms with Crippen LogP contribution in [0.5, 0.6) is 0 Å². The first kappa shape index (κ1) is 20.4.